The van der Waals surface area contributed by atoms with Crippen LogP contribution in [0.3, 0.4) is 0 Å². The first kappa shape index (κ1) is 12.2. The van der Waals surface area contributed by atoms with Crippen LogP contribution in [0.15, 0.2) is 36.4 Å². The third-order valence-corrected chi connectivity index (χ3v) is 4.06. The van der Waals surface area contributed by atoms with Gasteiger partial charge in [-0.25, -0.2) is 4.39 Å². The second kappa shape index (κ2) is 4.69. The van der Waals surface area contributed by atoms with E-state index < -0.39 is 0 Å². The normalized spacial score (nSPS) is 17.3. The molecule has 19 heavy (non-hydrogen) atoms. The van der Waals surface area contributed by atoms with Crippen molar-refractivity contribution in [3.8, 4) is 0 Å². The van der Waals surface area contributed by atoms with Gasteiger partial charge in [-0.15, -0.1) is 0 Å². The van der Waals surface area contributed by atoms with E-state index in [0.717, 1.165) is 29.7 Å². The van der Waals surface area contributed by atoms with Crippen LogP contribution in [0.1, 0.15) is 34.7 Å². The molecule has 2 aromatic carbocycles. The highest BCUT2D eigenvalue weighted by Gasteiger charge is 2.24. The lowest BCUT2D eigenvalue weighted by Gasteiger charge is -2.16. The Labute approximate surface area is 113 Å². The zero-order valence-corrected chi connectivity index (χ0v) is 11.3. The summed E-state index contributed by atoms with van der Waals surface area (Å²) in [6.07, 6.45) is 1.79. The molecule has 1 atom stereocenters. The van der Waals surface area contributed by atoms with Gasteiger partial charge in [0.1, 0.15) is 5.82 Å². The lowest BCUT2D eigenvalue weighted by atomic mass is 10.1. The highest BCUT2D eigenvalue weighted by atomic mass is 19.1. The highest BCUT2D eigenvalue weighted by molar-refractivity contribution is 5.51. The number of aryl methyl sites for hydroxylation is 2. The molecule has 0 heterocycles. The van der Waals surface area contributed by atoms with Crippen molar-refractivity contribution in [2.75, 3.05) is 5.32 Å². The zero-order chi connectivity index (χ0) is 13.4. The van der Waals surface area contributed by atoms with E-state index in [-0.39, 0.29) is 11.9 Å². The minimum absolute atomic E-state index is 0.0677. The fraction of sp³-hybridized carbons (Fsp3) is 0.294. The fourth-order valence-electron chi connectivity index (χ4n) is 2.79. The van der Waals surface area contributed by atoms with Gasteiger partial charge >= 0.3 is 0 Å². The molecule has 2 heteroatoms. The summed E-state index contributed by atoms with van der Waals surface area (Å²) in [6.45, 7) is 4.22. The number of anilines is 1. The molecule has 1 aliphatic carbocycles. The Morgan fingerprint density at radius 1 is 1.11 bits per heavy atom. The molecule has 1 aliphatic rings. The van der Waals surface area contributed by atoms with E-state index in [2.05, 4.69) is 37.4 Å². The molecule has 0 spiro atoms. The van der Waals surface area contributed by atoms with E-state index in [1.165, 1.54) is 11.1 Å². The summed E-state index contributed by atoms with van der Waals surface area (Å²) >= 11 is 0. The van der Waals surface area contributed by atoms with Crippen molar-refractivity contribution in [1.82, 2.24) is 0 Å². The summed E-state index contributed by atoms with van der Waals surface area (Å²) in [5, 5.41) is 3.53. The minimum Gasteiger partial charge on any atom is -0.378 e. The van der Waals surface area contributed by atoms with Gasteiger partial charge in [0.2, 0.25) is 0 Å². The number of nitrogens with one attached hydrogen (secondary N) is 1. The SMILES string of the molecule is Cc1ccc(NC2CCc3c(F)cccc32)cc1C. The summed E-state index contributed by atoms with van der Waals surface area (Å²) in [5.41, 5.74) is 5.68. The summed E-state index contributed by atoms with van der Waals surface area (Å²) in [7, 11) is 0. The Kier molecular flexibility index (Phi) is 3.02. The van der Waals surface area contributed by atoms with Gasteiger partial charge in [0.15, 0.2) is 0 Å². The zero-order valence-electron chi connectivity index (χ0n) is 11.3. The second-order valence-electron chi connectivity index (χ2n) is 5.34. The maximum Gasteiger partial charge on any atom is 0.126 e. The van der Waals surface area contributed by atoms with Crippen LogP contribution in [0, 0.1) is 19.7 Å². The average Bonchev–Trinajstić information content (AvgIpc) is 2.79. The number of rotatable bonds is 2. The molecular formula is C17H18FN. The molecule has 0 fully saturated rings. The molecule has 1 nitrogen and oxygen atoms in total. The van der Waals surface area contributed by atoms with Crippen LogP contribution in [0.4, 0.5) is 10.1 Å². The predicted octanol–water partition coefficient (Wildman–Crippen LogP) is 4.54. The van der Waals surface area contributed by atoms with Gasteiger partial charge in [0, 0.05) is 5.69 Å². The molecule has 0 saturated heterocycles. The van der Waals surface area contributed by atoms with Crippen molar-refractivity contribution >= 4 is 5.69 Å². The second-order valence-corrected chi connectivity index (χ2v) is 5.34. The number of halogens is 1. The van der Waals surface area contributed by atoms with Crippen molar-refractivity contribution in [1.29, 1.82) is 0 Å². The molecule has 1 unspecified atom stereocenters. The molecule has 0 saturated carbocycles. The van der Waals surface area contributed by atoms with E-state index in [1.54, 1.807) is 12.1 Å². The van der Waals surface area contributed by atoms with Crippen molar-refractivity contribution in [2.45, 2.75) is 32.7 Å². The monoisotopic (exact) mass is 255 g/mol. The Morgan fingerprint density at radius 2 is 1.95 bits per heavy atom. The molecule has 0 aliphatic heterocycles. The van der Waals surface area contributed by atoms with E-state index in [9.17, 15) is 4.39 Å². The van der Waals surface area contributed by atoms with Crippen LogP contribution in [-0.4, -0.2) is 0 Å². The molecule has 98 valence electrons. The van der Waals surface area contributed by atoms with Gasteiger partial charge in [-0.05, 0) is 67.1 Å². The maximum atomic E-state index is 13.7. The fourth-order valence-corrected chi connectivity index (χ4v) is 2.79. The van der Waals surface area contributed by atoms with Gasteiger partial charge in [-0.2, -0.15) is 0 Å². The largest absolute Gasteiger partial charge is 0.378 e. The van der Waals surface area contributed by atoms with Crippen LogP contribution in [0.25, 0.3) is 0 Å². The molecule has 0 aromatic heterocycles. The topological polar surface area (TPSA) is 12.0 Å². The molecule has 0 radical (unpaired) electrons. The van der Waals surface area contributed by atoms with Crippen molar-refractivity contribution < 1.29 is 4.39 Å². The van der Waals surface area contributed by atoms with Crippen LogP contribution in [0.2, 0.25) is 0 Å². The standard InChI is InChI=1S/C17H18FN/c1-11-6-7-13(10-12(11)2)19-17-9-8-14-15(17)4-3-5-16(14)18/h3-7,10,17,19H,8-9H2,1-2H3. The third kappa shape index (κ3) is 2.23. The first-order valence-electron chi connectivity index (χ1n) is 6.76. The number of fused-ring (bicyclic) bond motifs is 1. The maximum absolute atomic E-state index is 13.7. The number of hydrogen-bond acceptors (Lipinski definition) is 1. The first-order chi connectivity index (χ1) is 9.15. The van der Waals surface area contributed by atoms with Crippen LogP contribution in [-0.2, 0) is 6.42 Å². The minimum atomic E-state index is -0.0677. The Hall–Kier alpha value is -1.83. The lowest BCUT2D eigenvalue weighted by Crippen LogP contribution is -2.07. The quantitative estimate of drug-likeness (QED) is 0.830. The highest BCUT2D eigenvalue weighted by Crippen LogP contribution is 2.35. The smallest absolute Gasteiger partial charge is 0.126 e. The van der Waals surface area contributed by atoms with Gasteiger partial charge in [0.05, 0.1) is 6.04 Å². The molecule has 3 rings (SSSR count). The summed E-state index contributed by atoms with van der Waals surface area (Å²) in [6, 6.07) is 12.0. The lowest BCUT2D eigenvalue weighted by molar-refractivity contribution is 0.612. The summed E-state index contributed by atoms with van der Waals surface area (Å²) < 4.78 is 13.7. The summed E-state index contributed by atoms with van der Waals surface area (Å²) in [5.74, 6) is -0.0677. The van der Waals surface area contributed by atoms with Crippen molar-refractivity contribution in [3.05, 3.63) is 64.5 Å². The molecule has 2 aromatic rings. The summed E-state index contributed by atoms with van der Waals surface area (Å²) in [4.78, 5) is 0. The van der Waals surface area contributed by atoms with Gasteiger partial charge < -0.3 is 5.32 Å². The average molecular weight is 255 g/mol. The van der Waals surface area contributed by atoms with E-state index in [4.69, 9.17) is 0 Å². The molecule has 0 bridgehead atoms. The Morgan fingerprint density at radius 3 is 2.74 bits per heavy atom. The van der Waals surface area contributed by atoms with Crippen molar-refractivity contribution in [3.63, 3.8) is 0 Å². The predicted molar refractivity (Wildman–Crippen MR) is 77.0 cm³/mol. The first-order valence-corrected chi connectivity index (χ1v) is 6.76. The molecule has 0 amide bonds. The van der Waals surface area contributed by atoms with Crippen LogP contribution < -0.4 is 5.32 Å². The molecular weight excluding hydrogens is 237 g/mol. The Bertz CT molecular complexity index is 619. The van der Waals surface area contributed by atoms with Gasteiger partial charge in [0.25, 0.3) is 0 Å². The number of hydrogen-bond donors (Lipinski definition) is 1. The number of benzene rings is 2. The van der Waals surface area contributed by atoms with Crippen LogP contribution in [0.5, 0.6) is 0 Å². The van der Waals surface area contributed by atoms with E-state index in [0.29, 0.717) is 0 Å². The van der Waals surface area contributed by atoms with Crippen molar-refractivity contribution in [2.24, 2.45) is 0 Å². The van der Waals surface area contributed by atoms with Gasteiger partial charge in [-0.3, -0.25) is 0 Å². The molecule has 1 N–H and O–H groups in total. The third-order valence-electron chi connectivity index (χ3n) is 4.06. The van der Waals surface area contributed by atoms with Crippen LogP contribution >= 0.6 is 0 Å². The Balaban J connectivity index is 1.86. The van der Waals surface area contributed by atoms with Gasteiger partial charge in [-0.1, -0.05) is 18.2 Å². The van der Waals surface area contributed by atoms with E-state index in [1.807, 2.05) is 6.07 Å². The van der Waals surface area contributed by atoms with E-state index >= 15 is 0 Å².